The number of nitrogens with two attached hydrogens (primary N) is 1. The molecule has 0 aliphatic carbocycles. The molecule has 2 amide bonds. The molecule has 14 heteroatoms. The maximum Gasteiger partial charge on any atom is 0.435 e. The number of fused-ring (bicyclic) bond motifs is 1. The minimum Gasteiger partial charge on any atom is -0.359 e. The van der Waals surface area contributed by atoms with E-state index in [2.05, 4.69) is 15.4 Å². The molecule has 9 nitrogen and oxygen atoms in total. The fourth-order valence-corrected chi connectivity index (χ4v) is 5.64. The van der Waals surface area contributed by atoms with E-state index >= 15 is 0 Å². The minimum absolute atomic E-state index is 0.0154. The molecule has 4 N–H and O–H groups in total. The molecule has 238 valence electrons. The van der Waals surface area contributed by atoms with Crippen molar-refractivity contribution in [3.05, 3.63) is 77.0 Å². The molecule has 0 saturated carbocycles. The second-order valence-electron chi connectivity index (χ2n) is 10.7. The number of H-pyrrole nitrogens is 1. The van der Waals surface area contributed by atoms with Crippen molar-refractivity contribution in [2.24, 2.45) is 10.7 Å². The number of rotatable bonds is 9. The number of carbonyl (C=O) groups excluding carboxylic acids is 2. The van der Waals surface area contributed by atoms with Crippen LogP contribution >= 0.6 is 0 Å². The molecule has 5 rings (SSSR count). The summed E-state index contributed by atoms with van der Waals surface area (Å²) in [6.45, 7) is 1.75. The van der Waals surface area contributed by atoms with E-state index in [1.165, 1.54) is 6.20 Å². The number of alkyl halides is 5. The molecule has 1 atom stereocenters. The number of hydrogen-bond donors (Lipinski definition) is 3. The number of nitrogens with zero attached hydrogens (tertiary/aromatic N) is 4. The van der Waals surface area contributed by atoms with Gasteiger partial charge < -0.3 is 20.9 Å². The summed E-state index contributed by atoms with van der Waals surface area (Å²) in [6, 6.07) is 11.6. The average molecular weight is 630 g/mol. The molecule has 0 spiro atoms. The number of benzene rings is 1. The van der Waals surface area contributed by atoms with Crippen molar-refractivity contribution in [1.82, 2.24) is 25.0 Å². The van der Waals surface area contributed by atoms with E-state index in [4.69, 9.17) is 10.7 Å². The molecule has 0 bridgehead atoms. The Morgan fingerprint density at radius 3 is 2.67 bits per heavy atom. The lowest BCUT2D eigenvalue weighted by molar-refractivity contribution is -0.141. The van der Waals surface area contributed by atoms with Gasteiger partial charge in [0.05, 0.1) is 23.1 Å². The first kappa shape index (κ1) is 31.8. The van der Waals surface area contributed by atoms with Crippen LogP contribution in [0.3, 0.4) is 0 Å². The average Bonchev–Trinajstić information content (AvgIpc) is 3.72. The Bertz CT molecular complexity index is 1780. The predicted molar refractivity (Wildman–Crippen MR) is 158 cm³/mol. The SMILES string of the molecule is CCc1cc(N=c2ccccc3c(-c4cn(CC(F)F)nc4C(F)(F)F)c[nH]c23)ccc1C(=O)NCC(=O)N1CCCC1CN. The lowest BCUT2D eigenvalue weighted by Gasteiger charge is -2.23. The first-order valence-corrected chi connectivity index (χ1v) is 14.5. The van der Waals surface area contributed by atoms with E-state index < -0.39 is 30.7 Å². The number of halogens is 5. The molecule has 0 radical (unpaired) electrons. The van der Waals surface area contributed by atoms with Gasteiger partial charge in [0, 0.05) is 53.6 Å². The molecule has 3 heterocycles. The number of nitrogens with one attached hydrogen (secondary N) is 2. The van der Waals surface area contributed by atoms with Gasteiger partial charge in [-0.3, -0.25) is 14.3 Å². The lowest BCUT2D eigenvalue weighted by atomic mass is 10.0. The highest BCUT2D eigenvalue weighted by Crippen LogP contribution is 2.38. The normalized spacial score (nSPS) is 15.8. The highest BCUT2D eigenvalue weighted by atomic mass is 19.4. The third-order valence-electron chi connectivity index (χ3n) is 7.78. The van der Waals surface area contributed by atoms with Crippen LogP contribution in [0, 0.1) is 0 Å². The van der Waals surface area contributed by atoms with Gasteiger partial charge in [0.15, 0.2) is 5.69 Å². The fraction of sp³-hybridized carbons (Fsp3) is 0.355. The standard InChI is InChI=1S/C31H32F5N7O2/c1-2-18-12-19(9-10-21(18)30(45)39-15-27(44)43-11-5-6-20(43)13-37)40-25-8-4-3-7-22-23(14-38-28(22)25)24-16-42(17-26(32)33)41-29(24)31(34,35)36/h3-4,7-10,12,14,16,20,26,38H,2,5-6,11,13,15,17,37H2,1H3,(H,39,45). The number of aromatic amines is 1. The summed E-state index contributed by atoms with van der Waals surface area (Å²) in [6.07, 6.45) is -3.19. The van der Waals surface area contributed by atoms with Crippen LogP contribution in [0.5, 0.6) is 0 Å². The van der Waals surface area contributed by atoms with Crippen molar-refractivity contribution in [2.75, 3.05) is 19.6 Å². The zero-order chi connectivity index (χ0) is 32.3. The maximum atomic E-state index is 13.8. The van der Waals surface area contributed by atoms with Crippen LogP contribution in [-0.4, -0.2) is 63.6 Å². The Morgan fingerprint density at radius 1 is 1.18 bits per heavy atom. The molecular formula is C31H32F5N7O2. The van der Waals surface area contributed by atoms with Gasteiger partial charge in [0.1, 0.15) is 6.54 Å². The van der Waals surface area contributed by atoms with Gasteiger partial charge in [0.2, 0.25) is 5.91 Å². The third kappa shape index (κ3) is 6.90. The summed E-state index contributed by atoms with van der Waals surface area (Å²) in [7, 11) is 0. The second-order valence-corrected chi connectivity index (χ2v) is 10.7. The van der Waals surface area contributed by atoms with Crippen molar-refractivity contribution in [3.63, 3.8) is 0 Å². The largest absolute Gasteiger partial charge is 0.435 e. The van der Waals surface area contributed by atoms with E-state index in [1.807, 2.05) is 6.92 Å². The minimum atomic E-state index is -4.87. The Morgan fingerprint density at radius 2 is 1.96 bits per heavy atom. The smallest absolute Gasteiger partial charge is 0.359 e. The van der Waals surface area contributed by atoms with Crippen molar-refractivity contribution in [2.45, 2.75) is 51.4 Å². The van der Waals surface area contributed by atoms with E-state index in [1.54, 1.807) is 47.4 Å². The molecule has 1 fully saturated rings. The molecule has 45 heavy (non-hydrogen) atoms. The first-order valence-electron chi connectivity index (χ1n) is 14.5. The summed E-state index contributed by atoms with van der Waals surface area (Å²) in [5.74, 6) is -0.582. The molecular weight excluding hydrogens is 597 g/mol. The van der Waals surface area contributed by atoms with Crippen molar-refractivity contribution in [1.29, 1.82) is 0 Å². The number of aromatic nitrogens is 3. The Kier molecular flexibility index (Phi) is 9.32. The monoisotopic (exact) mass is 629 g/mol. The van der Waals surface area contributed by atoms with E-state index in [9.17, 15) is 31.5 Å². The van der Waals surface area contributed by atoms with Crippen molar-refractivity contribution >= 4 is 28.4 Å². The summed E-state index contributed by atoms with van der Waals surface area (Å²) < 4.78 is 68.0. The maximum absolute atomic E-state index is 13.8. The van der Waals surface area contributed by atoms with Gasteiger partial charge in [-0.15, -0.1) is 0 Å². The van der Waals surface area contributed by atoms with Gasteiger partial charge >= 0.3 is 6.18 Å². The van der Waals surface area contributed by atoms with Gasteiger partial charge in [-0.05, 0) is 49.1 Å². The van der Waals surface area contributed by atoms with Gasteiger partial charge in [-0.2, -0.15) is 18.3 Å². The van der Waals surface area contributed by atoms with Crippen LogP contribution in [0.2, 0.25) is 0 Å². The summed E-state index contributed by atoms with van der Waals surface area (Å²) in [5, 5.41) is 6.88. The van der Waals surface area contributed by atoms with Crippen molar-refractivity contribution in [3.8, 4) is 11.1 Å². The highest BCUT2D eigenvalue weighted by Gasteiger charge is 2.38. The van der Waals surface area contributed by atoms with Crippen LogP contribution in [-0.2, 0) is 23.9 Å². The van der Waals surface area contributed by atoms with Crippen LogP contribution in [0.15, 0.2) is 59.9 Å². The summed E-state index contributed by atoms with van der Waals surface area (Å²) >= 11 is 0. The van der Waals surface area contributed by atoms with E-state index in [0.717, 1.165) is 19.0 Å². The fourth-order valence-electron chi connectivity index (χ4n) is 5.64. The van der Waals surface area contributed by atoms with Gasteiger partial charge in [-0.25, -0.2) is 13.8 Å². The van der Waals surface area contributed by atoms with Crippen molar-refractivity contribution < 1.29 is 31.5 Å². The Labute approximate surface area is 254 Å². The quantitative estimate of drug-likeness (QED) is 0.231. The second kappa shape index (κ2) is 13.2. The molecule has 1 saturated heterocycles. The third-order valence-corrected chi connectivity index (χ3v) is 7.78. The zero-order valence-electron chi connectivity index (χ0n) is 24.4. The number of aryl methyl sites for hydroxylation is 1. The van der Waals surface area contributed by atoms with E-state index in [0.29, 0.717) is 57.3 Å². The molecule has 1 aliphatic heterocycles. The lowest BCUT2D eigenvalue weighted by Crippen LogP contribution is -2.45. The first-order chi connectivity index (χ1) is 21.5. The number of hydrogen-bond acceptors (Lipinski definition) is 5. The van der Waals surface area contributed by atoms with E-state index in [-0.39, 0.29) is 29.6 Å². The Balaban J connectivity index is 1.45. The zero-order valence-corrected chi connectivity index (χ0v) is 24.4. The predicted octanol–water partition coefficient (Wildman–Crippen LogP) is 4.79. The van der Waals surface area contributed by atoms with Gasteiger partial charge in [0.25, 0.3) is 12.3 Å². The van der Waals surface area contributed by atoms with Crippen LogP contribution in [0.4, 0.5) is 27.6 Å². The molecule has 2 aromatic heterocycles. The van der Waals surface area contributed by atoms with Gasteiger partial charge in [-0.1, -0.05) is 25.1 Å². The number of carbonyl (C=O) groups is 2. The molecule has 1 unspecified atom stereocenters. The summed E-state index contributed by atoms with van der Waals surface area (Å²) in [5.41, 5.74) is 6.28. The summed E-state index contributed by atoms with van der Waals surface area (Å²) in [4.78, 5) is 35.0. The highest BCUT2D eigenvalue weighted by molar-refractivity contribution is 5.98. The topological polar surface area (TPSA) is 121 Å². The molecule has 1 aliphatic rings. The van der Waals surface area contributed by atoms with Crippen LogP contribution in [0.1, 0.15) is 41.4 Å². The van der Waals surface area contributed by atoms with Crippen LogP contribution < -0.4 is 16.4 Å². The molecule has 4 aromatic rings. The Hall–Kier alpha value is -4.59. The van der Waals surface area contributed by atoms with Crippen LogP contribution in [0.25, 0.3) is 22.0 Å². The number of likely N-dealkylation sites (tertiary alicyclic amines) is 1. The molecule has 2 aromatic carbocycles. The number of amides is 2.